The van der Waals surface area contributed by atoms with Crippen LogP contribution in [0.1, 0.15) is 25.7 Å². The van der Waals surface area contributed by atoms with E-state index in [1.165, 1.54) is 4.31 Å². The van der Waals surface area contributed by atoms with Crippen LogP contribution in [0.15, 0.2) is 0 Å². The molecule has 0 radical (unpaired) electrons. The Labute approximate surface area is 157 Å². The summed E-state index contributed by atoms with van der Waals surface area (Å²) in [6.45, 7) is 4.36. The van der Waals surface area contributed by atoms with Gasteiger partial charge in [-0.2, -0.15) is 17.0 Å². The molecular formula is C15H31ClN4O4S. The average Bonchev–Trinajstić information content (AvgIpc) is 2.88. The molecule has 0 aromatic carbocycles. The summed E-state index contributed by atoms with van der Waals surface area (Å²) in [5.74, 6) is 0.0120. The van der Waals surface area contributed by atoms with Crippen molar-refractivity contribution in [2.45, 2.75) is 25.7 Å². The highest BCUT2D eigenvalue weighted by atomic mass is 35.5. The fourth-order valence-electron chi connectivity index (χ4n) is 3.09. The molecule has 1 N–H and O–H groups in total. The minimum absolute atomic E-state index is 0. The Morgan fingerprint density at radius 3 is 2.08 bits per heavy atom. The van der Waals surface area contributed by atoms with Crippen LogP contribution in [0.25, 0.3) is 0 Å². The first kappa shape index (κ1) is 22.6. The van der Waals surface area contributed by atoms with E-state index >= 15 is 0 Å². The van der Waals surface area contributed by atoms with Gasteiger partial charge in [0, 0.05) is 52.9 Å². The van der Waals surface area contributed by atoms with E-state index in [0.29, 0.717) is 52.4 Å². The van der Waals surface area contributed by atoms with E-state index in [2.05, 4.69) is 5.32 Å². The maximum Gasteiger partial charge on any atom is 0.282 e. The summed E-state index contributed by atoms with van der Waals surface area (Å²) in [7, 11) is -1.77. The monoisotopic (exact) mass is 398 g/mol. The lowest BCUT2D eigenvalue weighted by Crippen LogP contribution is -2.55. The van der Waals surface area contributed by atoms with Crippen LogP contribution in [-0.2, 0) is 19.7 Å². The lowest BCUT2D eigenvalue weighted by molar-refractivity contribution is -0.131. The van der Waals surface area contributed by atoms with E-state index in [1.807, 2.05) is 0 Å². The van der Waals surface area contributed by atoms with Gasteiger partial charge in [0.2, 0.25) is 5.91 Å². The molecular weight excluding hydrogens is 368 g/mol. The number of nitrogens with zero attached hydrogens (tertiary/aromatic N) is 3. The lowest BCUT2D eigenvalue weighted by atomic mass is 10.2. The van der Waals surface area contributed by atoms with Crippen LogP contribution in [0, 0.1) is 0 Å². The van der Waals surface area contributed by atoms with Gasteiger partial charge in [-0.3, -0.25) is 4.79 Å². The number of rotatable bonds is 7. The molecule has 0 aromatic rings. The molecule has 2 aliphatic heterocycles. The topological polar surface area (TPSA) is 82.2 Å². The van der Waals surface area contributed by atoms with Gasteiger partial charge in [0.1, 0.15) is 0 Å². The predicted octanol–water partition coefficient (Wildman–Crippen LogP) is -0.0908. The summed E-state index contributed by atoms with van der Waals surface area (Å²) in [6, 6.07) is 0. The Morgan fingerprint density at radius 1 is 0.960 bits per heavy atom. The minimum atomic E-state index is -3.39. The highest BCUT2D eigenvalue weighted by Gasteiger charge is 2.33. The molecule has 10 heteroatoms. The maximum atomic E-state index is 12.7. The van der Waals surface area contributed by atoms with E-state index in [1.54, 1.807) is 16.3 Å². The number of piperazine rings is 1. The van der Waals surface area contributed by atoms with Crippen molar-refractivity contribution in [3.05, 3.63) is 0 Å². The Hall–Kier alpha value is -0.450. The van der Waals surface area contributed by atoms with E-state index in [-0.39, 0.29) is 24.9 Å². The summed E-state index contributed by atoms with van der Waals surface area (Å²) in [5.41, 5.74) is 0. The quantitative estimate of drug-likeness (QED) is 0.606. The largest absolute Gasteiger partial charge is 0.383 e. The smallest absolute Gasteiger partial charge is 0.282 e. The fourth-order valence-corrected chi connectivity index (χ4v) is 4.76. The van der Waals surface area contributed by atoms with E-state index in [4.69, 9.17) is 4.74 Å². The standard InChI is InChI=1S/C15H30N4O4S.ClH/c1-23-13-6-16-14-15(20)17-9-11-19(12-10-17)24(21,22)18-7-4-2-3-5-8-18;/h16H,2-14H2,1H3;1H. The first-order valence-corrected chi connectivity index (χ1v) is 10.2. The molecule has 0 atom stereocenters. The SMILES string of the molecule is COCCNCC(=O)N1CCN(S(=O)(=O)N2CCCCCC2)CC1.Cl. The normalized spacial score (nSPS) is 20.8. The zero-order valence-corrected chi connectivity index (χ0v) is 16.6. The molecule has 2 saturated heterocycles. The molecule has 0 saturated carbocycles. The molecule has 2 rings (SSSR count). The maximum absolute atomic E-state index is 12.7. The summed E-state index contributed by atoms with van der Waals surface area (Å²) < 4.78 is 33.5. The Kier molecular flexibility index (Phi) is 10.2. The van der Waals surface area contributed by atoms with Gasteiger partial charge in [-0.15, -0.1) is 12.4 Å². The average molecular weight is 399 g/mol. The first-order chi connectivity index (χ1) is 11.6. The molecule has 0 aromatic heterocycles. The van der Waals surface area contributed by atoms with Crippen LogP contribution >= 0.6 is 12.4 Å². The van der Waals surface area contributed by atoms with Gasteiger partial charge in [0.15, 0.2) is 0 Å². The van der Waals surface area contributed by atoms with Crippen LogP contribution in [0.4, 0.5) is 0 Å². The Balaban J connectivity index is 0.00000312. The highest BCUT2D eigenvalue weighted by Crippen LogP contribution is 2.17. The molecule has 25 heavy (non-hydrogen) atoms. The van der Waals surface area contributed by atoms with Crippen molar-refractivity contribution in [1.29, 1.82) is 0 Å². The molecule has 8 nitrogen and oxygen atoms in total. The van der Waals surface area contributed by atoms with Crippen molar-refractivity contribution >= 4 is 28.5 Å². The number of ether oxygens (including phenoxy) is 1. The van der Waals surface area contributed by atoms with Crippen LogP contribution in [-0.4, -0.2) is 93.9 Å². The Bertz CT molecular complexity index is 490. The van der Waals surface area contributed by atoms with Crippen LogP contribution in [0.2, 0.25) is 0 Å². The molecule has 2 heterocycles. The second-order valence-corrected chi connectivity index (χ2v) is 8.20. The van der Waals surface area contributed by atoms with Gasteiger partial charge in [-0.05, 0) is 12.8 Å². The van der Waals surface area contributed by atoms with Crippen molar-refractivity contribution in [3.8, 4) is 0 Å². The van der Waals surface area contributed by atoms with Gasteiger partial charge < -0.3 is 15.0 Å². The summed E-state index contributed by atoms with van der Waals surface area (Å²) in [6.07, 6.45) is 4.07. The third kappa shape index (κ3) is 6.65. The number of halogens is 1. The number of hydrogen-bond donors (Lipinski definition) is 1. The molecule has 0 spiro atoms. The van der Waals surface area contributed by atoms with Crippen LogP contribution in [0.3, 0.4) is 0 Å². The van der Waals surface area contributed by atoms with Gasteiger partial charge in [-0.25, -0.2) is 0 Å². The van der Waals surface area contributed by atoms with E-state index in [9.17, 15) is 13.2 Å². The number of nitrogens with one attached hydrogen (secondary N) is 1. The van der Waals surface area contributed by atoms with Crippen molar-refractivity contribution in [2.75, 3.05) is 66.1 Å². The minimum Gasteiger partial charge on any atom is -0.383 e. The van der Waals surface area contributed by atoms with E-state index < -0.39 is 10.2 Å². The molecule has 2 fully saturated rings. The van der Waals surface area contributed by atoms with Gasteiger partial charge in [0.05, 0.1) is 13.2 Å². The number of amides is 1. The molecule has 0 unspecified atom stereocenters. The van der Waals surface area contributed by atoms with Crippen molar-refractivity contribution in [1.82, 2.24) is 18.8 Å². The predicted molar refractivity (Wildman–Crippen MR) is 99.1 cm³/mol. The second-order valence-electron chi connectivity index (χ2n) is 6.27. The van der Waals surface area contributed by atoms with Gasteiger partial charge in [-0.1, -0.05) is 12.8 Å². The third-order valence-electron chi connectivity index (χ3n) is 4.57. The molecule has 148 valence electrons. The molecule has 2 aliphatic rings. The Morgan fingerprint density at radius 2 is 1.52 bits per heavy atom. The zero-order chi connectivity index (χ0) is 17.4. The van der Waals surface area contributed by atoms with Crippen molar-refractivity contribution < 1.29 is 17.9 Å². The fraction of sp³-hybridized carbons (Fsp3) is 0.933. The van der Waals surface area contributed by atoms with Gasteiger partial charge in [0.25, 0.3) is 10.2 Å². The number of carbonyl (C=O) groups excluding carboxylic acids is 1. The second kappa shape index (κ2) is 11.3. The van der Waals surface area contributed by atoms with E-state index in [0.717, 1.165) is 25.7 Å². The summed E-state index contributed by atoms with van der Waals surface area (Å²) in [4.78, 5) is 13.8. The van der Waals surface area contributed by atoms with Crippen LogP contribution < -0.4 is 5.32 Å². The number of methoxy groups -OCH3 is 1. The summed E-state index contributed by atoms with van der Waals surface area (Å²) >= 11 is 0. The molecule has 1 amide bonds. The lowest BCUT2D eigenvalue weighted by Gasteiger charge is -2.36. The number of hydrogen-bond acceptors (Lipinski definition) is 5. The molecule has 0 aliphatic carbocycles. The molecule has 0 bridgehead atoms. The highest BCUT2D eigenvalue weighted by molar-refractivity contribution is 7.86. The van der Waals surface area contributed by atoms with Gasteiger partial charge >= 0.3 is 0 Å². The number of carbonyl (C=O) groups is 1. The summed E-state index contributed by atoms with van der Waals surface area (Å²) in [5, 5.41) is 3.03. The first-order valence-electron chi connectivity index (χ1n) is 8.78. The zero-order valence-electron chi connectivity index (χ0n) is 15.0. The van der Waals surface area contributed by atoms with Crippen LogP contribution in [0.5, 0.6) is 0 Å². The van der Waals surface area contributed by atoms with Crippen molar-refractivity contribution in [3.63, 3.8) is 0 Å². The van der Waals surface area contributed by atoms with Crippen molar-refractivity contribution in [2.24, 2.45) is 0 Å². The third-order valence-corrected chi connectivity index (χ3v) is 6.60.